The van der Waals surface area contributed by atoms with Crippen LogP contribution in [0.15, 0.2) is 0 Å². The average molecular weight is 174 g/mol. The monoisotopic (exact) mass is 174 g/mol. The summed E-state index contributed by atoms with van der Waals surface area (Å²) in [5.74, 6) is 0. The molecular formula is C9H19FN2. The molecule has 12 heavy (non-hydrogen) atoms. The van der Waals surface area contributed by atoms with Gasteiger partial charge in [0.15, 0.2) is 0 Å². The number of nitrogens with zero attached hydrogens (tertiary/aromatic N) is 2. The topological polar surface area (TPSA) is 6.48 Å². The standard InChI is InChI=1S/C9H19FN2/c1-9(2,8-10)12-6-4-11(3)5-7-12/h4-8H2,1-3H3. The normalized spacial score (nSPS) is 23.0. The van der Waals surface area contributed by atoms with Gasteiger partial charge >= 0.3 is 0 Å². The Bertz CT molecular complexity index is 139. The maximum Gasteiger partial charge on any atom is 0.107 e. The van der Waals surface area contributed by atoms with E-state index in [1.165, 1.54) is 0 Å². The zero-order chi connectivity index (χ0) is 9.19. The zero-order valence-electron chi connectivity index (χ0n) is 8.31. The van der Waals surface area contributed by atoms with E-state index in [2.05, 4.69) is 16.8 Å². The molecule has 0 atom stereocenters. The summed E-state index contributed by atoms with van der Waals surface area (Å²) < 4.78 is 12.6. The van der Waals surface area contributed by atoms with Crippen molar-refractivity contribution >= 4 is 0 Å². The number of hydrogen-bond acceptors (Lipinski definition) is 2. The van der Waals surface area contributed by atoms with E-state index in [-0.39, 0.29) is 12.2 Å². The van der Waals surface area contributed by atoms with E-state index in [1.54, 1.807) is 0 Å². The molecule has 0 amide bonds. The molecule has 1 saturated heterocycles. The molecule has 0 aromatic carbocycles. The molecule has 1 aliphatic rings. The molecule has 1 rings (SSSR count). The predicted molar refractivity (Wildman–Crippen MR) is 49.1 cm³/mol. The number of alkyl halides is 1. The van der Waals surface area contributed by atoms with E-state index in [9.17, 15) is 4.39 Å². The lowest BCUT2D eigenvalue weighted by atomic mass is 10.0. The lowest BCUT2D eigenvalue weighted by Crippen LogP contribution is -2.54. The Hall–Kier alpha value is -0.150. The number of rotatable bonds is 2. The van der Waals surface area contributed by atoms with E-state index >= 15 is 0 Å². The molecular weight excluding hydrogens is 155 g/mol. The average Bonchev–Trinajstić information content (AvgIpc) is 2.05. The maximum absolute atomic E-state index is 12.6. The summed E-state index contributed by atoms with van der Waals surface area (Å²) in [5.41, 5.74) is -0.263. The van der Waals surface area contributed by atoms with Gasteiger partial charge in [-0.3, -0.25) is 4.90 Å². The summed E-state index contributed by atoms with van der Waals surface area (Å²) in [7, 11) is 2.11. The van der Waals surface area contributed by atoms with Crippen LogP contribution in [0, 0.1) is 0 Å². The SMILES string of the molecule is CN1CCN(C(C)(C)CF)CC1. The van der Waals surface area contributed by atoms with Gasteiger partial charge in [0.05, 0.1) is 0 Å². The summed E-state index contributed by atoms with van der Waals surface area (Å²) in [6, 6.07) is 0. The van der Waals surface area contributed by atoms with Gasteiger partial charge in [0, 0.05) is 31.7 Å². The summed E-state index contributed by atoms with van der Waals surface area (Å²) in [5, 5.41) is 0. The van der Waals surface area contributed by atoms with E-state index in [1.807, 2.05) is 13.8 Å². The van der Waals surface area contributed by atoms with Gasteiger partial charge in [0.2, 0.25) is 0 Å². The first-order valence-corrected chi connectivity index (χ1v) is 4.56. The molecule has 1 fully saturated rings. The van der Waals surface area contributed by atoms with Gasteiger partial charge in [-0.05, 0) is 20.9 Å². The van der Waals surface area contributed by atoms with Crippen LogP contribution < -0.4 is 0 Å². The molecule has 0 bridgehead atoms. The first kappa shape index (κ1) is 9.93. The largest absolute Gasteiger partial charge is 0.304 e. The molecule has 72 valence electrons. The second-order valence-corrected chi connectivity index (χ2v) is 4.24. The third-order valence-electron chi connectivity index (χ3n) is 2.69. The Morgan fingerprint density at radius 2 is 1.67 bits per heavy atom. The van der Waals surface area contributed by atoms with Crippen molar-refractivity contribution in [2.45, 2.75) is 19.4 Å². The summed E-state index contributed by atoms with van der Waals surface area (Å²) in [6.45, 7) is 7.79. The zero-order valence-corrected chi connectivity index (χ0v) is 8.31. The second kappa shape index (κ2) is 3.71. The maximum atomic E-state index is 12.6. The molecule has 3 heteroatoms. The summed E-state index contributed by atoms with van der Waals surface area (Å²) >= 11 is 0. The highest BCUT2D eigenvalue weighted by molar-refractivity contribution is 4.84. The minimum Gasteiger partial charge on any atom is -0.304 e. The molecule has 0 aliphatic carbocycles. The molecule has 0 spiro atoms. The van der Waals surface area contributed by atoms with E-state index in [4.69, 9.17) is 0 Å². The number of piperazine rings is 1. The Morgan fingerprint density at radius 1 is 1.17 bits per heavy atom. The van der Waals surface area contributed by atoms with Crippen LogP contribution in [0.4, 0.5) is 4.39 Å². The second-order valence-electron chi connectivity index (χ2n) is 4.24. The lowest BCUT2D eigenvalue weighted by molar-refractivity contribution is 0.0458. The van der Waals surface area contributed by atoms with Crippen LogP contribution in [0.25, 0.3) is 0 Å². The summed E-state index contributed by atoms with van der Waals surface area (Å²) in [6.07, 6.45) is 0. The van der Waals surface area contributed by atoms with E-state index in [0.717, 1.165) is 26.2 Å². The van der Waals surface area contributed by atoms with Crippen LogP contribution in [0.1, 0.15) is 13.8 Å². The Kier molecular flexibility index (Phi) is 3.07. The molecule has 1 heterocycles. The van der Waals surface area contributed by atoms with Gasteiger partial charge in [-0.15, -0.1) is 0 Å². The van der Waals surface area contributed by atoms with Crippen LogP contribution in [-0.4, -0.2) is 55.2 Å². The minimum absolute atomic E-state index is 0.253. The van der Waals surface area contributed by atoms with Crippen molar-refractivity contribution in [3.63, 3.8) is 0 Å². The van der Waals surface area contributed by atoms with Crippen LogP contribution >= 0.6 is 0 Å². The third kappa shape index (κ3) is 2.17. The Balaban J connectivity index is 2.44. The van der Waals surface area contributed by atoms with Crippen molar-refractivity contribution < 1.29 is 4.39 Å². The van der Waals surface area contributed by atoms with Crippen LogP contribution in [0.2, 0.25) is 0 Å². The van der Waals surface area contributed by atoms with E-state index in [0.29, 0.717) is 0 Å². The van der Waals surface area contributed by atoms with Gasteiger partial charge in [0.1, 0.15) is 6.67 Å². The highest BCUT2D eigenvalue weighted by Crippen LogP contribution is 2.16. The first-order valence-electron chi connectivity index (χ1n) is 4.56. The van der Waals surface area contributed by atoms with Crippen LogP contribution in [0.3, 0.4) is 0 Å². The van der Waals surface area contributed by atoms with Crippen molar-refractivity contribution in [3.05, 3.63) is 0 Å². The van der Waals surface area contributed by atoms with Crippen LogP contribution in [-0.2, 0) is 0 Å². The van der Waals surface area contributed by atoms with Gasteiger partial charge in [0.25, 0.3) is 0 Å². The predicted octanol–water partition coefficient (Wildman–Crippen LogP) is 0.982. The van der Waals surface area contributed by atoms with Crippen molar-refractivity contribution in [3.8, 4) is 0 Å². The molecule has 0 saturated carbocycles. The Morgan fingerprint density at radius 3 is 2.08 bits per heavy atom. The van der Waals surface area contributed by atoms with Gasteiger partial charge < -0.3 is 4.90 Å². The fourth-order valence-corrected chi connectivity index (χ4v) is 1.50. The molecule has 1 aliphatic heterocycles. The lowest BCUT2D eigenvalue weighted by Gasteiger charge is -2.41. The fourth-order valence-electron chi connectivity index (χ4n) is 1.50. The van der Waals surface area contributed by atoms with Crippen molar-refractivity contribution in [2.24, 2.45) is 0 Å². The highest BCUT2D eigenvalue weighted by atomic mass is 19.1. The fraction of sp³-hybridized carbons (Fsp3) is 1.00. The Labute approximate surface area is 74.3 Å². The number of halogens is 1. The molecule has 0 unspecified atom stereocenters. The van der Waals surface area contributed by atoms with Gasteiger partial charge in [-0.1, -0.05) is 0 Å². The smallest absolute Gasteiger partial charge is 0.107 e. The molecule has 0 N–H and O–H groups in total. The number of likely N-dealkylation sites (N-methyl/N-ethyl adjacent to an activating group) is 1. The first-order chi connectivity index (χ1) is 5.56. The van der Waals surface area contributed by atoms with Gasteiger partial charge in [-0.2, -0.15) is 0 Å². The minimum atomic E-state index is -0.263. The van der Waals surface area contributed by atoms with Gasteiger partial charge in [-0.25, -0.2) is 4.39 Å². The number of hydrogen-bond donors (Lipinski definition) is 0. The van der Waals surface area contributed by atoms with E-state index < -0.39 is 0 Å². The molecule has 0 radical (unpaired) electrons. The van der Waals surface area contributed by atoms with Crippen LogP contribution in [0.5, 0.6) is 0 Å². The van der Waals surface area contributed by atoms with Crippen molar-refractivity contribution in [1.29, 1.82) is 0 Å². The molecule has 0 aromatic rings. The highest BCUT2D eigenvalue weighted by Gasteiger charge is 2.28. The van der Waals surface area contributed by atoms with Crippen molar-refractivity contribution in [1.82, 2.24) is 9.80 Å². The quantitative estimate of drug-likeness (QED) is 0.616. The third-order valence-corrected chi connectivity index (χ3v) is 2.69. The summed E-state index contributed by atoms with van der Waals surface area (Å²) in [4.78, 5) is 4.51. The van der Waals surface area contributed by atoms with Crippen molar-refractivity contribution in [2.75, 3.05) is 39.9 Å². The molecule has 2 nitrogen and oxygen atoms in total. The molecule has 0 aromatic heterocycles.